The Hall–Kier alpha value is -2.47. The van der Waals surface area contributed by atoms with Crippen LogP contribution in [0.1, 0.15) is 28.8 Å². The molecule has 6 heteroatoms. The predicted molar refractivity (Wildman–Crippen MR) is 104 cm³/mol. The van der Waals surface area contributed by atoms with Crippen molar-refractivity contribution in [3.8, 4) is 0 Å². The van der Waals surface area contributed by atoms with Gasteiger partial charge in [0.25, 0.3) is 5.56 Å². The summed E-state index contributed by atoms with van der Waals surface area (Å²) in [5, 5.41) is 5.10. The van der Waals surface area contributed by atoms with Gasteiger partial charge in [-0.1, -0.05) is 12.1 Å². The average molecular weight is 352 g/mol. The molecule has 0 saturated carbocycles. The third-order valence-corrected chi connectivity index (χ3v) is 5.80. The molecule has 0 spiro atoms. The number of hydrogen-bond acceptors (Lipinski definition) is 5. The Bertz CT molecular complexity index is 999. The van der Waals surface area contributed by atoms with Crippen LogP contribution in [0.2, 0.25) is 0 Å². The maximum Gasteiger partial charge on any atom is 0.282 e. The van der Waals surface area contributed by atoms with Crippen LogP contribution < -0.4 is 10.5 Å². The Morgan fingerprint density at radius 3 is 2.72 bits per heavy atom. The van der Waals surface area contributed by atoms with Crippen molar-refractivity contribution in [2.45, 2.75) is 25.7 Å². The molecular weight excluding hydrogens is 332 g/mol. The standard InChI is InChI=1S/C19H20N4OS/c1-22(2)14-9-7-13(8-10-14)11-21-23-12-20-18-17(19(23)24)15-5-3-4-6-16(15)25-18/h7-12H,3-6H2,1-2H3. The molecule has 1 aliphatic carbocycles. The molecule has 25 heavy (non-hydrogen) atoms. The van der Waals surface area contributed by atoms with Gasteiger partial charge in [0, 0.05) is 24.7 Å². The normalized spacial score (nSPS) is 14.2. The fraction of sp³-hybridized carbons (Fsp3) is 0.316. The summed E-state index contributed by atoms with van der Waals surface area (Å²) in [7, 11) is 4.01. The van der Waals surface area contributed by atoms with Gasteiger partial charge in [0.05, 0.1) is 11.6 Å². The second-order valence-corrected chi connectivity index (χ2v) is 7.60. The minimum Gasteiger partial charge on any atom is -0.378 e. The van der Waals surface area contributed by atoms with Crippen LogP contribution >= 0.6 is 11.3 Å². The molecule has 0 aliphatic heterocycles. The third kappa shape index (κ3) is 2.98. The van der Waals surface area contributed by atoms with Crippen molar-refractivity contribution in [1.29, 1.82) is 0 Å². The topological polar surface area (TPSA) is 50.5 Å². The minimum atomic E-state index is -0.0643. The molecule has 0 saturated heterocycles. The number of nitrogens with zero attached hydrogens (tertiary/aromatic N) is 4. The third-order valence-electron chi connectivity index (χ3n) is 4.60. The van der Waals surface area contributed by atoms with Gasteiger partial charge in [0.2, 0.25) is 0 Å². The van der Waals surface area contributed by atoms with E-state index < -0.39 is 0 Å². The first-order valence-electron chi connectivity index (χ1n) is 8.47. The highest BCUT2D eigenvalue weighted by molar-refractivity contribution is 7.18. The van der Waals surface area contributed by atoms with Gasteiger partial charge in [0.15, 0.2) is 0 Å². The lowest BCUT2D eigenvalue weighted by molar-refractivity contribution is 0.699. The van der Waals surface area contributed by atoms with E-state index in [1.54, 1.807) is 17.6 Å². The highest BCUT2D eigenvalue weighted by Crippen LogP contribution is 2.33. The molecule has 1 aromatic carbocycles. The van der Waals surface area contributed by atoms with Crippen LogP contribution in [-0.4, -0.2) is 30.0 Å². The molecule has 2 aromatic heterocycles. The molecular formula is C19H20N4OS. The van der Waals surface area contributed by atoms with E-state index in [4.69, 9.17) is 0 Å². The molecule has 0 bridgehead atoms. The summed E-state index contributed by atoms with van der Waals surface area (Å²) in [5.41, 5.74) is 3.21. The summed E-state index contributed by atoms with van der Waals surface area (Å²) < 4.78 is 1.35. The fourth-order valence-corrected chi connectivity index (χ4v) is 4.43. The largest absolute Gasteiger partial charge is 0.378 e. The zero-order chi connectivity index (χ0) is 17.4. The SMILES string of the molecule is CN(C)c1ccc(C=Nn2cnc3sc4c(c3c2=O)CCCC4)cc1. The van der Waals surface area contributed by atoms with Gasteiger partial charge >= 0.3 is 0 Å². The summed E-state index contributed by atoms with van der Waals surface area (Å²) in [6, 6.07) is 8.03. The maximum absolute atomic E-state index is 12.8. The van der Waals surface area contributed by atoms with Crippen molar-refractivity contribution in [1.82, 2.24) is 9.66 Å². The van der Waals surface area contributed by atoms with E-state index >= 15 is 0 Å². The van der Waals surface area contributed by atoms with E-state index in [1.807, 2.05) is 43.3 Å². The summed E-state index contributed by atoms with van der Waals surface area (Å²) >= 11 is 1.66. The van der Waals surface area contributed by atoms with E-state index in [0.29, 0.717) is 0 Å². The van der Waals surface area contributed by atoms with Gasteiger partial charge in [-0.15, -0.1) is 11.3 Å². The molecule has 0 fully saturated rings. The molecule has 0 amide bonds. The van der Waals surface area contributed by atoms with Gasteiger partial charge in [-0.2, -0.15) is 9.78 Å². The highest BCUT2D eigenvalue weighted by atomic mass is 32.1. The molecule has 0 unspecified atom stereocenters. The first kappa shape index (κ1) is 16.0. The lowest BCUT2D eigenvalue weighted by Gasteiger charge is -2.11. The van der Waals surface area contributed by atoms with Crippen LogP contribution in [0, 0.1) is 0 Å². The van der Waals surface area contributed by atoms with Crippen LogP contribution in [0.4, 0.5) is 5.69 Å². The lowest BCUT2D eigenvalue weighted by Crippen LogP contribution is -2.18. The van der Waals surface area contributed by atoms with E-state index in [2.05, 4.69) is 10.1 Å². The maximum atomic E-state index is 12.8. The molecule has 128 valence electrons. The van der Waals surface area contributed by atoms with Crippen LogP contribution in [0.3, 0.4) is 0 Å². The Balaban J connectivity index is 1.69. The molecule has 0 atom stereocenters. The monoisotopic (exact) mass is 352 g/mol. The number of aryl methyl sites for hydroxylation is 2. The number of fused-ring (bicyclic) bond motifs is 3. The molecule has 1 aliphatic rings. The number of thiophene rings is 1. The Labute approximate surface area is 150 Å². The van der Waals surface area contributed by atoms with Gasteiger partial charge < -0.3 is 4.90 Å². The van der Waals surface area contributed by atoms with Crippen molar-refractivity contribution in [2.75, 3.05) is 19.0 Å². The van der Waals surface area contributed by atoms with E-state index in [9.17, 15) is 4.79 Å². The van der Waals surface area contributed by atoms with Crippen LogP contribution in [0.25, 0.3) is 10.2 Å². The second kappa shape index (κ2) is 6.44. The van der Waals surface area contributed by atoms with E-state index in [1.165, 1.54) is 27.9 Å². The quantitative estimate of drug-likeness (QED) is 0.680. The van der Waals surface area contributed by atoms with Crippen LogP contribution in [0.15, 0.2) is 40.5 Å². The average Bonchev–Trinajstić information content (AvgIpc) is 3.01. The first-order chi connectivity index (χ1) is 12.1. The Morgan fingerprint density at radius 1 is 1.20 bits per heavy atom. The molecule has 2 heterocycles. The van der Waals surface area contributed by atoms with Crippen LogP contribution in [-0.2, 0) is 12.8 Å². The zero-order valence-electron chi connectivity index (χ0n) is 14.4. The van der Waals surface area contributed by atoms with Crippen molar-refractivity contribution in [2.24, 2.45) is 5.10 Å². The number of benzene rings is 1. The smallest absolute Gasteiger partial charge is 0.282 e. The predicted octanol–water partition coefficient (Wildman–Crippen LogP) is 3.29. The summed E-state index contributed by atoms with van der Waals surface area (Å²) in [6.45, 7) is 0. The number of aromatic nitrogens is 2. The first-order valence-corrected chi connectivity index (χ1v) is 9.29. The zero-order valence-corrected chi connectivity index (χ0v) is 15.2. The summed E-state index contributed by atoms with van der Waals surface area (Å²) in [4.78, 5) is 21.5. The van der Waals surface area contributed by atoms with Gasteiger partial charge in [-0.3, -0.25) is 4.79 Å². The van der Waals surface area contributed by atoms with Crippen molar-refractivity contribution in [3.63, 3.8) is 0 Å². The highest BCUT2D eigenvalue weighted by Gasteiger charge is 2.19. The van der Waals surface area contributed by atoms with Crippen molar-refractivity contribution >= 4 is 33.5 Å². The molecule has 0 N–H and O–H groups in total. The molecule has 5 nitrogen and oxygen atoms in total. The fourth-order valence-electron chi connectivity index (χ4n) is 3.21. The lowest BCUT2D eigenvalue weighted by atomic mass is 9.97. The van der Waals surface area contributed by atoms with Crippen molar-refractivity contribution < 1.29 is 0 Å². The van der Waals surface area contributed by atoms with Gasteiger partial charge in [0.1, 0.15) is 11.2 Å². The number of anilines is 1. The summed E-state index contributed by atoms with van der Waals surface area (Å²) in [6.07, 6.45) is 7.62. The molecule has 4 rings (SSSR count). The Kier molecular flexibility index (Phi) is 4.13. The number of hydrogen-bond donors (Lipinski definition) is 0. The molecule has 3 aromatic rings. The van der Waals surface area contributed by atoms with Crippen LogP contribution in [0.5, 0.6) is 0 Å². The second-order valence-electron chi connectivity index (χ2n) is 6.52. The number of rotatable bonds is 3. The minimum absolute atomic E-state index is 0.0643. The summed E-state index contributed by atoms with van der Waals surface area (Å²) in [5.74, 6) is 0. The van der Waals surface area contributed by atoms with Gasteiger partial charge in [-0.25, -0.2) is 4.98 Å². The van der Waals surface area contributed by atoms with Crippen molar-refractivity contribution in [3.05, 3.63) is 57.0 Å². The van der Waals surface area contributed by atoms with Gasteiger partial charge in [-0.05, 0) is 48.9 Å². The van der Waals surface area contributed by atoms with E-state index in [-0.39, 0.29) is 5.56 Å². The van der Waals surface area contributed by atoms with E-state index in [0.717, 1.165) is 40.7 Å². The Morgan fingerprint density at radius 2 is 1.96 bits per heavy atom. The molecule has 0 radical (unpaired) electrons.